The van der Waals surface area contributed by atoms with Crippen LogP contribution in [0.3, 0.4) is 0 Å². The first kappa shape index (κ1) is 15.9. The Labute approximate surface area is 152 Å². The molecule has 0 spiro atoms. The number of hydrogen-bond donors (Lipinski definition) is 4. The van der Waals surface area contributed by atoms with Gasteiger partial charge in [-0.2, -0.15) is 0 Å². The molecule has 4 fully saturated rings. The summed E-state index contributed by atoms with van der Waals surface area (Å²) in [7, 11) is 0. The summed E-state index contributed by atoms with van der Waals surface area (Å²) in [6, 6.07) is 9.37. The summed E-state index contributed by atoms with van der Waals surface area (Å²) < 4.78 is 0. The molecule has 4 aliphatic carbocycles. The van der Waals surface area contributed by atoms with Crippen LogP contribution >= 0.6 is 0 Å². The van der Waals surface area contributed by atoms with Crippen LogP contribution < -0.4 is 0 Å². The van der Waals surface area contributed by atoms with E-state index in [1.165, 1.54) is 30.7 Å². The molecular weight excluding hydrogens is 328 g/mol. The van der Waals surface area contributed by atoms with Gasteiger partial charge in [-0.1, -0.05) is 0 Å². The quantitative estimate of drug-likeness (QED) is 0.609. The predicted molar refractivity (Wildman–Crippen MR) is 97.4 cm³/mol. The Kier molecular flexibility index (Phi) is 3.25. The van der Waals surface area contributed by atoms with Crippen LogP contribution in [0.2, 0.25) is 0 Å². The van der Waals surface area contributed by atoms with Crippen molar-refractivity contribution in [3.8, 4) is 23.0 Å². The molecule has 0 saturated heterocycles. The maximum Gasteiger partial charge on any atom is 0.119 e. The van der Waals surface area contributed by atoms with Crippen LogP contribution in [0, 0.1) is 23.7 Å². The van der Waals surface area contributed by atoms with Crippen molar-refractivity contribution in [3.63, 3.8) is 0 Å². The highest BCUT2D eigenvalue weighted by Gasteiger charge is 2.60. The van der Waals surface area contributed by atoms with E-state index in [0.717, 1.165) is 25.7 Å². The molecule has 136 valence electrons. The van der Waals surface area contributed by atoms with Crippen molar-refractivity contribution in [3.05, 3.63) is 47.5 Å². The fraction of sp³-hybridized carbons (Fsp3) is 0.455. The third-order valence-corrected chi connectivity index (χ3v) is 7.28. The molecule has 0 heterocycles. The van der Waals surface area contributed by atoms with E-state index in [0.29, 0.717) is 34.8 Å². The van der Waals surface area contributed by atoms with Gasteiger partial charge in [-0.25, -0.2) is 0 Å². The lowest BCUT2D eigenvalue weighted by atomic mass is 9.42. The zero-order valence-electron chi connectivity index (χ0n) is 14.6. The fourth-order valence-corrected chi connectivity index (χ4v) is 6.66. The average Bonchev–Trinajstić information content (AvgIpc) is 2.60. The summed E-state index contributed by atoms with van der Waals surface area (Å²) in [4.78, 5) is 0. The fourth-order valence-electron chi connectivity index (χ4n) is 6.66. The topological polar surface area (TPSA) is 80.9 Å². The van der Waals surface area contributed by atoms with Crippen LogP contribution in [0.15, 0.2) is 36.4 Å². The van der Waals surface area contributed by atoms with Gasteiger partial charge >= 0.3 is 0 Å². The molecule has 0 radical (unpaired) electrons. The lowest BCUT2D eigenvalue weighted by Gasteiger charge is -2.62. The highest BCUT2D eigenvalue weighted by molar-refractivity contribution is 5.57. The molecule has 6 rings (SSSR count). The summed E-state index contributed by atoms with van der Waals surface area (Å²) >= 11 is 0. The first-order chi connectivity index (χ1) is 12.5. The molecule has 4 saturated carbocycles. The molecule has 0 aliphatic heterocycles. The maximum absolute atomic E-state index is 10.8. The summed E-state index contributed by atoms with van der Waals surface area (Å²) in [5.41, 5.74) is 0.804. The van der Waals surface area contributed by atoms with Crippen LogP contribution in [-0.2, 0) is 5.41 Å². The Morgan fingerprint density at radius 3 is 1.46 bits per heavy atom. The van der Waals surface area contributed by atoms with Gasteiger partial charge in [-0.05, 0) is 92.2 Å². The van der Waals surface area contributed by atoms with E-state index < -0.39 is 5.41 Å². The van der Waals surface area contributed by atoms with E-state index in [1.807, 2.05) is 0 Å². The molecule has 4 nitrogen and oxygen atoms in total. The van der Waals surface area contributed by atoms with Gasteiger partial charge < -0.3 is 20.4 Å². The highest BCUT2D eigenvalue weighted by Crippen LogP contribution is 2.67. The molecule has 4 heteroatoms. The first-order valence-corrected chi connectivity index (χ1v) is 9.53. The molecule has 0 aromatic heterocycles. The standard InChI is InChI=1S/C22H24O4/c23-16-1-3-20(25)18(10-16)22(19-11-17(24)2-4-21(19)26)14-6-12-5-13(8-14)9-15(22)7-12/h1-4,10-15,23-26H,5-9H2. The molecule has 2 aromatic carbocycles. The minimum Gasteiger partial charge on any atom is -0.508 e. The van der Waals surface area contributed by atoms with Crippen LogP contribution in [0.5, 0.6) is 23.0 Å². The number of hydrogen-bond acceptors (Lipinski definition) is 4. The Morgan fingerprint density at radius 1 is 0.615 bits per heavy atom. The lowest BCUT2D eigenvalue weighted by molar-refractivity contribution is -0.0435. The summed E-state index contributed by atoms with van der Waals surface area (Å²) in [5.74, 6) is 2.54. The molecular formula is C22H24O4. The molecule has 4 aliphatic rings. The molecule has 0 atom stereocenters. The molecule has 4 N–H and O–H groups in total. The molecule has 0 amide bonds. The van der Waals surface area contributed by atoms with Crippen molar-refractivity contribution in [2.75, 3.05) is 0 Å². The zero-order chi connectivity index (χ0) is 18.1. The van der Waals surface area contributed by atoms with Crippen molar-refractivity contribution < 1.29 is 20.4 Å². The Bertz CT molecular complexity index is 791. The van der Waals surface area contributed by atoms with Crippen LogP contribution in [-0.4, -0.2) is 20.4 Å². The van der Waals surface area contributed by atoms with Gasteiger partial charge in [0.25, 0.3) is 0 Å². The van der Waals surface area contributed by atoms with Gasteiger partial charge in [0, 0.05) is 16.5 Å². The third-order valence-electron chi connectivity index (χ3n) is 7.28. The molecule has 2 aromatic rings. The number of benzene rings is 2. The van der Waals surface area contributed by atoms with Gasteiger partial charge in [0.05, 0.1) is 0 Å². The van der Waals surface area contributed by atoms with Crippen LogP contribution in [0.4, 0.5) is 0 Å². The second kappa shape index (κ2) is 5.32. The van der Waals surface area contributed by atoms with Crippen molar-refractivity contribution in [2.24, 2.45) is 23.7 Å². The first-order valence-electron chi connectivity index (χ1n) is 9.53. The summed E-state index contributed by atoms with van der Waals surface area (Å²) in [6.07, 6.45) is 5.56. The second-order valence-corrected chi connectivity index (χ2v) is 8.58. The lowest BCUT2D eigenvalue weighted by Crippen LogP contribution is -2.56. The highest BCUT2D eigenvalue weighted by atomic mass is 16.3. The Balaban J connectivity index is 1.82. The average molecular weight is 352 g/mol. The minimum atomic E-state index is -0.570. The van der Waals surface area contributed by atoms with Crippen molar-refractivity contribution in [2.45, 2.75) is 37.5 Å². The Morgan fingerprint density at radius 2 is 1.04 bits per heavy atom. The maximum atomic E-state index is 10.8. The van der Waals surface area contributed by atoms with Crippen LogP contribution in [0.25, 0.3) is 0 Å². The van der Waals surface area contributed by atoms with E-state index in [4.69, 9.17) is 0 Å². The monoisotopic (exact) mass is 352 g/mol. The minimum absolute atomic E-state index is 0.116. The number of phenols is 4. The van der Waals surface area contributed by atoms with Crippen LogP contribution in [0.1, 0.15) is 43.2 Å². The van der Waals surface area contributed by atoms with E-state index in [2.05, 4.69) is 0 Å². The normalized spacial score (nSPS) is 31.2. The molecule has 4 bridgehead atoms. The van der Waals surface area contributed by atoms with E-state index in [-0.39, 0.29) is 23.0 Å². The SMILES string of the molecule is Oc1ccc(O)c(C2(c3cc(O)ccc3O)C3CC4CC(C3)CC2C4)c1. The number of aromatic hydroxyl groups is 4. The molecule has 0 unspecified atom stereocenters. The van der Waals surface area contributed by atoms with E-state index in [1.54, 1.807) is 12.1 Å². The number of phenolic OH excluding ortho intramolecular Hbond substituents is 4. The summed E-state index contributed by atoms with van der Waals surface area (Å²) in [5, 5.41) is 41.8. The Hall–Kier alpha value is -2.36. The van der Waals surface area contributed by atoms with Gasteiger partial charge in [0.15, 0.2) is 0 Å². The second-order valence-electron chi connectivity index (χ2n) is 8.58. The largest absolute Gasteiger partial charge is 0.508 e. The van der Waals surface area contributed by atoms with Gasteiger partial charge in [0.2, 0.25) is 0 Å². The van der Waals surface area contributed by atoms with E-state index >= 15 is 0 Å². The zero-order valence-corrected chi connectivity index (χ0v) is 14.6. The smallest absolute Gasteiger partial charge is 0.119 e. The van der Waals surface area contributed by atoms with Gasteiger partial charge in [-0.3, -0.25) is 0 Å². The van der Waals surface area contributed by atoms with E-state index in [9.17, 15) is 20.4 Å². The third kappa shape index (κ3) is 2.01. The molecule has 26 heavy (non-hydrogen) atoms. The number of rotatable bonds is 2. The van der Waals surface area contributed by atoms with Gasteiger partial charge in [0.1, 0.15) is 23.0 Å². The van der Waals surface area contributed by atoms with Crippen molar-refractivity contribution in [1.29, 1.82) is 0 Å². The van der Waals surface area contributed by atoms with Gasteiger partial charge in [-0.15, -0.1) is 0 Å². The van der Waals surface area contributed by atoms with Crippen molar-refractivity contribution >= 4 is 0 Å². The predicted octanol–water partition coefficient (Wildman–Crippen LogP) is 4.25. The summed E-state index contributed by atoms with van der Waals surface area (Å²) in [6.45, 7) is 0. The van der Waals surface area contributed by atoms with Crippen molar-refractivity contribution in [1.82, 2.24) is 0 Å².